The molecule has 0 aliphatic carbocycles. The number of carboxylic acids is 1. The van der Waals surface area contributed by atoms with E-state index in [1.54, 1.807) is 18.2 Å². The predicted molar refractivity (Wildman–Crippen MR) is 77.4 cm³/mol. The first-order chi connectivity index (χ1) is 9.20. The number of unbranched alkanes of at least 4 members (excludes halogenated alkanes) is 1. The zero-order valence-corrected chi connectivity index (χ0v) is 11.1. The summed E-state index contributed by atoms with van der Waals surface area (Å²) in [6.45, 7) is 2.18. The summed E-state index contributed by atoms with van der Waals surface area (Å²) in [7, 11) is 0. The first kappa shape index (κ1) is 13.3. The van der Waals surface area contributed by atoms with Crippen molar-refractivity contribution in [1.82, 2.24) is 0 Å². The molecule has 0 saturated heterocycles. The number of carbonyl (C=O) groups is 1. The first-order valence-electron chi connectivity index (χ1n) is 6.63. The molecule has 2 aromatic carbocycles. The number of benzene rings is 2. The lowest BCUT2D eigenvalue weighted by atomic mass is 9.99. The SMILES string of the molecule is CCCCc1cccc(-c2cccc(C(=O)O)c2)c1. The number of hydrogen-bond donors (Lipinski definition) is 1. The van der Waals surface area contributed by atoms with Crippen molar-refractivity contribution in [2.75, 3.05) is 0 Å². The molecule has 0 unspecified atom stereocenters. The standard InChI is InChI=1S/C17H18O2/c1-2-3-6-13-7-4-8-14(11-13)15-9-5-10-16(12-15)17(18)19/h4-5,7-12H,2-3,6H2,1H3,(H,18,19). The highest BCUT2D eigenvalue weighted by Gasteiger charge is 2.05. The van der Waals surface area contributed by atoms with Crippen molar-refractivity contribution in [3.8, 4) is 11.1 Å². The molecule has 0 fully saturated rings. The van der Waals surface area contributed by atoms with E-state index in [0.29, 0.717) is 5.56 Å². The maximum atomic E-state index is 11.0. The Labute approximate surface area is 113 Å². The van der Waals surface area contributed by atoms with Crippen LogP contribution in [0.5, 0.6) is 0 Å². The fourth-order valence-electron chi connectivity index (χ4n) is 2.12. The van der Waals surface area contributed by atoms with Crippen LogP contribution in [-0.4, -0.2) is 11.1 Å². The highest BCUT2D eigenvalue weighted by Crippen LogP contribution is 2.22. The lowest BCUT2D eigenvalue weighted by Gasteiger charge is -2.06. The van der Waals surface area contributed by atoms with Crippen LogP contribution in [0.25, 0.3) is 11.1 Å². The molecule has 0 bridgehead atoms. The molecule has 98 valence electrons. The van der Waals surface area contributed by atoms with E-state index in [9.17, 15) is 4.79 Å². The summed E-state index contributed by atoms with van der Waals surface area (Å²) in [5.41, 5.74) is 3.67. The van der Waals surface area contributed by atoms with E-state index < -0.39 is 5.97 Å². The van der Waals surface area contributed by atoms with E-state index >= 15 is 0 Å². The maximum absolute atomic E-state index is 11.0. The molecule has 0 aliphatic rings. The monoisotopic (exact) mass is 254 g/mol. The molecule has 0 atom stereocenters. The number of carboxylic acid groups (broad SMARTS) is 1. The van der Waals surface area contributed by atoms with Crippen LogP contribution in [0.2, 0.25) is 0 Å². The summed E-state index contributed by atoms with van der Waals surface area (Å²) < 4.78 is 0. The third kappa shape index (κ3) is 3.44. The lowest BCUT2D eigenvalue weighted by molar-refractivity contribution is 0.0697. The molecule has 0 aromatic heterocycles. The van der Waals surface area contributed by atoms with Crippen LogP contribution < -0.4 is 0 Å². The van der Waals surface area contributed by atoms with Gasteiger partial charge in [0.1, 0.15) is 0 Å². The molecule has 0 saturated carbocycles. The van der Waals surface area contributed by atoms with Gasteiger partial charge in [-0.2, -0.15) is 0 Å². The zero-order valence-electron chi connectivity index (χ0n) is 11.1. The Morgan fingerprint density at radius 1 is 1.05 bits per heavy atom. The van der Waals surface area contributed by atoms with E-state index in [0.717, 1.165) is 17.5 Å². The van der Waals surface area contributed by atoms with Crippen molar-refractivity contribution in [2.45, 2.75) is 26.2 Å². The van der Waals surface area contributed by atoms with Gasteiger partial charge >= 0.3 is 5.97 Å². The Kier molecular flexibility index (Phi) is 4.35. The fraction of sp³-hybridized carbons (Fsp3) is 0.235. The van der Waals surface area contributed by atoms with Crippen molar-refractivity contribution in [3.05, 3.63) is 59.7 Å². The van der Waals surface area contributed by atoms with Crippen molar-refractivity contribution >= 4 is 5.97 Å². The Balaban J connectivity index is 2.30. The molecule has 0 radical (unpaired) electrons. The van der Waals surface area contributed by atoms with Crippen molar-refractivity contribution in [1.29, 1.82) is 0 Å². The molecule has 19 heavy (non-hydrogen) atoms. The molecule has 0 heterocycles. The lowest BCUT2D eigenvalue weighted by Crippen LogP contribution is -1.95. The van der Waals surface area contributed by atoms with Crippen LogP contribution in [0, 0.1) is 0 Å². The van der Waals surface area contributed by atoms with Gasteiger partial charge in [0.2, 0.25) is 0 Å². The minimum Gasteiger partial charge on any atom is -0.478 e. The quantitative estimate of drug-likeness (QED) is 0.859. The largest absolute Gasteiger partial charge is 0.478 e. The average Bonchev–Trinajstić information content (AvgIpc) is 2.45. The van der Waals surface area contributed by atoms with Crippen molar-refractivity contribution in [2.24, 2.45) is 0 Å². The topological polar surface area (TPSA) is 37.3 Å². The summed E-state index contributed by atoms with van der Waals surface area (Å²) in [4.78, 5) is 11.0. The summed E-state index contributed by atoms with van der Waals surface area (Å²) in [5.74, 6) is -0.885. The first-order valence-corrected chi connectivity index (χ1v) is 6.63. The van der Waals surface area contributed by atoms with Crippen molar-refractivity contribution in [3.63, 3.8) is 0 Å². The Hall–Kier alpha value is -2.09. The summed E-state index contributed by atoms with van der Waals surface area (Å²) >= 11 is 0. The van der Waals surface area contributed by atoms with Gasteiger partial charge in [0, 0.05) is 0 Å². The summed E-state index contributed by atoms with van der Waals surface area (Å²) in [5, 5.41) is 9.03. The van der Waals surface area contributed by atoms with E-state index in [4.69, 9.17) is 5.11 Å². The number of hydrogen-bond acceptors (Lipinski definition) is 1. The maximum Gasteiger partial charge on any atom is 0.335 e. The average molecular weight is 254 g/mol. The molecule has 0 aliphatic heterocycles. The van der Waals surface area contributed by atoms with Crippen LogP contribution in [0.3, 0.4) is 0 Å². The highest BCUT2D eigenvalue weighted by atomic mass is 16.4. The molecule has 2 rings (SSSR count). The molecule has 1 N–H and O–H groups in total. The van der Waals surface area contributed by atoms with Gasteiger partial charge in [-0.3, -0.25) is 0 Å². The van der Waals surface area contributed by atoms with E-state index in [2.05, 4.69) is 19.1 Å². The molecule has 2 aromatic rings. The Morgan fingerprint density at radius 3 is 2.42 bits per heavy atom. The van der Waals surface area contributed by atoms with Gasteiger partial charge in [-0.25, -0.2) is 4.79 Å². The van der Waals surface area contributed by atoms with Crippen LogP contribution in [-0.2, 0) is 6.42 Å². The smallest absolute Gasteiger partial charge is 0.335 e. The minimum atomic E-state index is -0.885. The van der Waals surface area contributed by atoms with Crippen molar-refractivity contribution < 1.29 is 9.90 Å². The molecule has 2 nitrogen and oxygen atoms in total. The zero-order chi connectivity index (χ0) is 13.7. The Bertz CT molecular complexity index is 573. The van der Waals surface area contributed by atoms with Gasteiger partial charge in [0.15, 0.2) is 0 Å². The van der Waals surface area contributed by atoms with Gasteiger partial charge < -0.3 is 5.11 Å². The van der Waals surface area contributed by atoms with Crippen LogP contribution in [0.1, 0.15) is 35.7 Å². The summed E-state index contributed by atoms with van der Waals surface area (Å²) in [6, 6.07) is 15.4. The third-order valence-corrected chi connectivity index (χ3v) is 3.19. The minimum absolute atomic E-state index is 0.330. The van der Waals surface area contributed by atoms with Crippen LogP contribution in [0.15, 0.2) is 48.5 Å². The van der Waals surface area contributed by atoms with E-state index in [1.807, 2.05) is 18.2 Å². The van der Waals surface area contributed by atoms with Gasteiger partial charge in [-0.15, -0.1) is 0 Å². The van der Waals surface area contributed by atoms with Gasteiger partial charge in [-0.05, 0) is 41.7 Å². The number of aryl methyl sites for hydroxylation is 1. The molecule has 2 heteroatoms. The second-order valence-electron chi connectivity index (χ2n) is 4.69. The highest BCUT2D eigenvalue weighted by molar-refractivity contribution is 5.89. The number of rotatable bonds is 5. The van der Waals surface area contributed by atoms with Crippen LogP contribution >= 0.6 is 0 Å². The molecular formula is C17H18O2. The fourth-order valence-corrected chi connectivity index (χ4v) is 2.12. The molecule has 0 amide bonds. The second kappa shape index (κ2) is 6.19. The van der Waals surface area contributed by atoms with Crippen LogP contribution in [0.4, 0.5) is 0 Å². The predicted octanol–water partition coefficient (Wildman–Crippen LogP) is 4.39. The van der Waals surface area contributed by atoms with Gasteiger partial charge in [0.25, 0.3) is 0 Å². The number of aromatic carboxylic acids is 1. The van der Waals surface area contributed by atoms with Gasteiger partial charge in [-0.1, -0.05) is 49.7 Å². The normalized spacial score (nSPS) is 10.4. The Morgan fingerprint density at radius 2 is 1.74 bits per heavy atom. The van der Waals surface area contributed by atoms with Gasteiger partial charge in [0.05, 0.1) is 5.56 Å². The third-order valence-electron chi connectivity index (χ3n) is 3.19. The summed E-state index contributed by atoms with van der Waals surface area (Å²) in [6.07, 6.45) is 3.43. The molecule has 0 spiro atoms. The molecular weight excluding hydrogens is 236 g/mol. The second-order valence-corrected chi connectivity index (χ2v) is 4.69. The van der Waals surface area contributed by atoms with E-state index in [-0.39, 0.29) is 0 Å². The van der Waals surface area contributed by atoms with E-state index in [1.165, 1.54) is 18.4 Å².